The molecule has 0 saturated carbocycles. The Bertz CT molecular complexity index is 545. The highest BCUT2D eigenvalue weighted by Gasteiger charge is 2.30. The molecule has 82 valence electrons. The van der Waals surface area contributed by atoms with Crippen LogP contribution in [-0.4, -0.2) is 27.1 Å². The van der Waals surface area contributed by atoms with Crippen molar-refractivity contribution in [3.63, 3.8) is 0 Å². The van der Waals surface area contributed by atoms with Crippen LogP contribution in [0.25, 0.3) is 11.1 Å². The first-order valence-electron chi connectivity index (χ1n) is 4.39. The van der Waals surface area contributed by atoms with Gasteiger partial charge in [0.05, 0.1) is 0 Å². The lowest BCUT2D eigenvalue weighted by Crippen LogP contribution is -2.21. The first-order chi connectivity index (χ1) is 7.61. The zero-order valence-corrected chi connectivity index (χ0v) is 7.95. The highest BCUT2D eigenvalue weighted by molar-refractivity contribution is 6.02. The molecule has 0 radical (unpaired) electrons. The summed E-state index contributed by atoms with van der Waals surface area (Å²) in [5.41, 5.74) is 0.744. The fraction of sp³-hybridized carbons (Fsp3) is 0.100. The van der Waals surface area contributed by atoms with E-state index in [9.17, 15) is 9.59 Å². The van der Waals surface area contributed by atoms with Crippen molar-refractivity contribution >= 4 is 23.0 Å². The van der Waals surface area contributed by atoms with Crippen LogP contribution >= 0.6 is 0 Å². The summed E-state index contributed by atoms with van der Waals surface area (Å²) in [5, 5.41) is 17.7. The van der Waals surface area contributed by atoms with E-state index in [4.69, 9.17) is 14.6 Å². The minimum Gasteiger partial charge on any atom is -0.480 e. The Labute approximate surface area is 89.1 Å². The zero-order chi connectivity index (χ0) is 11.7. The second-order valence-corrected chi connectivity index (χ2v) is 3.16. The van der Waals surface area contributed by atoms with E-state index in [0.29, 0.717) is 5.58 Å². The van der Waals surface area contributed by atoms with Gasteiger partial charge in [-0.15, -0.1) is 0 Å². The van der Waals surface area contributed by atoms with Gasteiger partial charge in [0, 0.05) is 5.56 Å². The molecule has 0 amide bonds. The first kappa shape index (κ1) is 10.2. The Morgan fingerprint density at radius 1 is 1.25 bits per heavy atom. The van der Waals surface area contributed by atoms with Gasteiger partial charge < -0.3 is 14.6 Å². The van der Waals surface area contributed by atoms with E-state index in [-0.39, 0.29) is 11.1 Å². The van der Waals surface area contributed by atoms with Crippen LogP contribution in [-0.2, 0) is 9.59 Å². The predicted octanol–water partition coefficient (Wildman–Crippen LogP) is 1.08. The predicted molar refractivity (Wildman–Crippen MR) is 52.0 cm³/mol. The second-order valence-electron chi connectivity index (χ2n) is 3.16. The number of oxazole rings is 1. The maximum absolute atomic E-state index is 10.9. The number of benzene rings is 1. The number of carboxylic acids is 2. The van der Waals surface area contributed by atoms with E-state index in [1.54, 1.807) is 6.07 Å². The van der Waals surface area contributed by atoms with E-state index >= 15 is 0 Å². The Morgan fingerprint density at radius 3 is 2.56 bits per heavy atom. The van der Waals surface area contributed by atoms with Crippen molar-refractivity contribution in [2.75, 3.05) is 0 Å². The Kier molecular flexibility index (Phi) is 2.32. The van der Waals surface area contributed by atoms with Crippen molar-refractivity contribution in [3.8, 4) is 0 Å². The smallest absolute Gasteiger partial charge is 0.322 e. The number of aromatic nitrogens is 1. The van der Waals surface area contributed by atoms with Crippen molar-refractivity contribution in [1.29, 1.82) is 0 Å². The van der Waals surface area contributed by atoms with Crippen molar-refractivity contribution in [2.24, 2.45) is 0 Å². The summed E-state index contributed by atoms with van der Waals surface area (Å²) in [4.78, 5) is 25.5. The van der Waals surface area contributed by atoms with Crippen LogP contribution < -0.4 is 0 Å². The topological polar surface area (TPSA) is 101 Å². The lowest BCUT2D eigenvalue weighted by Gasteiger charge is -2.07. The van der Waals surface area contributed by atoms with Crippen LogP contribution in [0.3, 0.4) is 0 Å². The summed E-state index contributed by atoms with van der Waals surface area (Å²) < 4.78 is 4.97. The number of para-hydroxylation sites is 1. The van der Waals surface area contributed by atoms with Gasteiger partial charge in [0.15, 0.2) is 17.9 Å². The van der Waals surface area contributed by atoms with Gasteiger partial charge in [0.2, 0.25) is 0 Å². The molecule has 0 atom stereocenters. The fourth-order valence-electron chi connectivity index (χ4n) is 1.51. The molecule has 1 aromatic heterocycles. The zero-order valence-electron chi connectivity index (χ0n) is 7.95. The number of fused-ring (bicyclic) bond motifs is 1. The van der Waals surface area contributed by atoms with E-state index in [1.807, 2.05) is 0 Å². The van der Waals surface area contributed by atoms with Crippen molar-refractivity contribution in [2.45, 2.75) is 5.92 Å². The normalized spacial score (nSPS) is 10.8. The summed E-state index contributed by atoms with van der Waals surface area (Å²) in [5.74, 6) is -4.49. The fourth-order valence-corrected chi connectivity index (χ4v) is 1.51. The molecule has 16 heavy (non-hydrogen) atoms. The van der Waals surface area contributed by atoms with Gasteiger partial charge in [-0.05, 0) is 6.07 Å². The molecular weight excluding hydrogens is 214 g/mol. The van der Waals surface area contributed by atoms with Crippen LogP contribution in [0.1, 0.15) is 11.5 Å². The van der Waals surface area contributed by atoms with Gasteiger partial charge in [-0.3, -0.25) is 9.59 Å². The number of aliphatic carboxylic acids is 2. The average Bonchev–Trinajstić information content (AvgIpc) is 2.65. The molecule has 6 nitrogen and oxygen atoms in total. The minimum atomic E-state index is -1.63. The van der Waals surface area contributed by atoms with E-state index in [0.717, 1.165) is 6.39 Å². The van der Waals surface area contributed by atoms with Gasteiger partial charge in [0.25, 0.3) is 0 Å². The van der Waals surface area contributed by atoms with Gasteiger partial charge in [-0.25, -0.2) is 4.98 Å². The molecule has 2 rings (SSSR count). The van der Waals surface area contributed by atoms with Crippen molar-refractivity contribution in [3.05, 3.63) is 30.2 Å². The van der Waals surface area contributed by atoms with Crippen LogP contribution in [0, 0.1) is 0 Å². The largest absolute Gasteiger partial charge is 0.480 e. The third kappa shape index (κ3) is 1.50. The molecule has 2 aromatic rings. The average molecular weight is 221 g/mol. The molecule has 0 aliphatic carbocycles. The van der Waals surface area contributed by atoms with Gasteiger partial charge in [-0.2, -0.15) is 0 Å². The number of carboxylic acid groups (broad SMARTS) is 2. The highest BCUT2D eigenvalue weighted by Crippen LogP contribution is 2.25. The molecule has 6 heteroatoms. The molecule has 1 heterocycles. The first-order valence-corrected chi connectivity index (χ1v) is 4.39. The van der Waals surface area contributed by atoms with Crippen molar-refractivity contribution in [1.82, 2.24) is 4.98 Å². The third-order valence-electron chi connectivity index (χ3n) is 2.20. The monoisotopic (exact) mass is 221 g/mol. The number of carbonyl (C=O) groups is 2. The molecular formula is C10H7NO5. The Balaban J connectivity index is 2.65. The van der Waals surface area contributed by atoms with Crippen LogP contribution in [0.15, 0.2) is 29.0 Å². The number of hydrogen-bond donors (Lipinski definition) is 2. The van der Waals surface area contributed by atoms with Crippen molar-refractivity contribution < 1.29 is 24.2 Å². The Hall–Kier alpha value is -2.37. The van der Waals surface area contributed by atoms with Gasteiger partial charge >= 0.3 is 11.9 Å². The molecule has 0 aliphatic rings. The second kappa shape index (κ2) is 3.65. The maximum Gasteiger partial charge on any atom is 0.322 e. The lowest BCUT2D eigenvalue weighted by atomic mass is 9.98. The Morgan fingerprint density at radius 2 is 1.94 bits per heavy atom. The van der Waals surface area contributed by atoms with E-state index in [1.165, 1.54) is 12.1 Å². The summed E-state index contributed by atoms with van der Waals surface area (Å²) in [6.45, 7) is 0. The summed E-state index contributed by atoms with van der Waals surface area (Å²) in [7, 11) is 0. The summed E-state index contributed by atoms with van der Waals surface area (Å²) in [6.07, 6.45) is 1.15. The van der Waals surface area contributed by atoms with Gasteiger partial charge in [-0.1, -0.05) is 12.1 Å². The van der Waals surface area contributed by atoms with Crippen LogP contribution in [0.2, 0.25) is 0 Å². The number of rotatable bonds is 3. The molecule has 1 aromatic carbocycles. The van der Waals surface area contributed by atoms with Gasteiger partial charge in [0.1, 0.15) is 5.52 Å². The highest BCUT2D eigenvalue weighted by atomic mass is 16.4. The van der Waals surface area contributed by atoms with Crippen LogP contribution in [0.5, 0.6) is 0 Å². The molecule has 0 saturated heterocycles. The molecule has 0 unspecified atom stereocenters. The molecule has 0 aliphatic heterocycles. The molecule has 0 bridgehead atoms. The van der Waals surface area contributed by atoms with E-state index < -0.39 is 17.9 Å². The maximum atomic E-state index is 10.9. The molecule has 0 fully saturated rings. The third-order valence-corrected chi connectivity index (χ3v) is 2.20. The quantitative estimate of drug-likeness (QED) is 0.752. The molecule has 0 spiro atoms. The summed E-state index contributed by atoms with van der Waals surface area (Å²) >= 11 is 0. The number of hydrogen-bond acceptors (Lipinski definition) is 4. The minimum absolute atomic E-state index is 0.117. The number of nitrogens with zero attached hydrogens (tertiary/aromatic N) is 1. The summed E-state index contributed by atoms with van der Waals surface area (Å²) in [6, 6.07) is 4.53. The van der Waals surface area contributed by atoms with Crippen LogP contribution in [0.4, 0.5) is 0 Å². The van der Waals surface area contributed by atoms with E-state index in [2.05, 4.69) is 4.98 Å². The SMILES string of the molecule is O=C(O)C(C(=O)O)c1cccc2ocnc12. The lowest BCUT2D eigenvalue weighted by molar-refractivity contribution is -0.149. The molecule has 2 N–H and O–H groups in total. The standard InChI is InChI=1S/C10H7NO5/c12-9(13)7(10(14)15)5-2-1-3-6-8(5)11-4-16-6/h1-4,7H,(H,12,13)(H,14,15).